The van der Waals surface area contributed by atoms with E-state index in [1.807, 2.05) is 30.3 Å². The van der Waals surface area contributed by atoms with E-state index in [1.54, 1.807) is 6.26 Å². The van der Waals surface area contributed by atoms with Crippen molar-refractivity contribution in [1.82, 2.24) is 0 Å². The Hall–Kier alpha value is -3.46. The summed E-state index contributed by atoms with van der Waals surface area (Å²) in [6.45, 7) is 4.52. The maximum Gasteiger partial charge on any atom is 0.170 e. The molecule has 0 bridgehead atoms. The zero-order valence-electron chi connectivity index (χ0n) is 15.7. The molecule has 0 spiro atoms. The highest BCUT2D eigenvalue weighted by molar-refractivity contribution is 5.83. The van der Waals surface area contributed by atoms with Crippen LogP contribution in [0.1, 0.15) is 25.0 Å². The predicted octanol–water partition coefficient (Wildman–Crippen LogP) is 7.15. The first-order chi connectivity index (χ1) is 13.6. The van der Waals surface area contributed by atoms with Gasteiger partial charge in [0.05, 0.1) is 6.26 Å². The highest BCUT2D eigenvalue weighted by atomic mass is 16.6. The second-order valence-corrected chi connectivity index (χ2v) is 7.86. The van der Waals surface area contributed by atoms with Crippen LogP contribution in [0.4, 0.5) is 0 Å². The lowest BCUT2D eigenvalue weighted by atomic mass is 9.82. The van der Waals surface area contributed by atoms with Gasteiger partial charge >= 0.3 is 0 Å². The maximum atomic E-state index is 6.27. The number of furan rings is 1. The van der Waals surface area contributed by atoms with Crippen LogP contribution in [-0.4, -0.2) is 0 Å². The van der Waals surface area contributed by atoms with Gasteiger partial charge < -0.3 is 13.9 Å². The second-order valence-electron chi connectivity index (χ2n) is 7.86. The summed E-state index contributed by atoms with van der Waals surface area (Å²) < 4.78 is 18.0. The van der Waals surface area contributed by atoms with Crippen molar-refractivity contribution in [3.63, 3.8) is 0 Å². The molecule has 0 unspecified atom stereocenters. The van der Waals surface area contributed by atoms with Crippen molar-refractivity contribution in [2.24, 2.45) is 0 Å². The SMILES string of the molecule is CC1(C)c2ccccc2-c2cc3c(cc21)Oc1cc(-c2ccco2)ccc1O3. The van der Waals surface area contributed by atoms with Crippen LogP contribution in [0.25, 0.3) is 22.5 Å². The number of ether oxygens (including phenoxy) is 2. The van der Waals surface area contributed by atoms with Gasteiger partial charge in [-0.1, -0.05) is 38.1 Å². The van der Waals surface area contributed by atoms with Crippen LogP contribution in [0.15, 0.2) is 77.4 Å². The first-order valence-electron chi connectivity index (χ1n) is 9.43. The molecule has 0 amide bonds. The van der Waals surface area contributed by atoms with Gasteiger partial charge in [-0.15, -0.1) is 0 Å². The quantitative estimate of drug-likeness (QED) is 0.316. The molecule has 28 heavy (non-hydrogen) atoms. The van der Waals surface area contributed by atoms with Crippen LogP contribution in [0.3, 0.4) is 0 Å². The number of rotatable bonds is 1. The van der Waals surface area contributed by atoms with Crippen LogP contribution in [0.5, 0.6) is 23.0 Å². The Bertz CT molecular complexity index is 1230. The molecule has 2 aliphatic rings. The minimum absolute atomic E-state index is 0.0688. The Morgan fingerprint density at radius 2 is 1.43 bits per heavy atom. The van der Waals surface area contributed by atoms with Gasteiger partial charge in [0.15, 0.2) is 23.0 Å². The minimum Gasteiger partial charge on any atom is -0.464 e. The Morgan fingerprint density at radius 1 is 0.643 bits per heavy atom. The van der Waals surface area contributed by atoms with E-state index in [0.717, 1.165) is 22.8 Å². The molecule has 3 aromatic carbocycles. The van der Waals surface area contributed by atoms with Gasteiger partial charge in [-0.05, 0) is 64.7 Å². The molecule has 0 saturated heterocycles. The third-order valence-corrected chi connectivity index (χ3v) is 5.84. The highest BCUT2D eigenvalue weighted by Gasteiger charge is 2.37. The van der Waals surface area contributed by atoms with Gasteiger partial charge in [-0.2, -0.15) is 0 Å². The largest absolute Gasteiger partial charge is 0.464 e. The Morgan fingerprint density at radius 3 is 2.29 bits per heavy atom. The van der Waals surface area contributed by atoms with Gasteiger partial charge in [0, 0.05) is 11.0 Å². The summed E-state index contributed by atoms with van der Waals surface area (Å²) in [5.74, 6) is 3.74. The van der Waals surface area contributed by atoms with Crippen LogP contribution < -0.4 is 9.47 Å². The van der Waals surface area contributed by atoms with Crippen molar-refractivity contribution in [2.75, 3.05) is 0 Å². The van der Waals surface area contributed by atoms with Gasteiger partial charge in [0.25, 0.3) is 0 Å². The monoisotopic (exact) mass is 366 g/mol. The molecule has 0 atom stereocenters. The molecule has 0 radical (unpaired) electrons. The number of hydrogen-bond acceptors (Lipinski definition) is 3. The molecule has 1 aliphatic carbocycles. The van der Waals surface area contributed by atoms with E-state index in [2.05, 4.69) is 50.2 Å². The lowest BCUT2D eigenvalue weighted by Crippen LogP contribution is -2.15. The van der Waals surface area contributed by atoms with Gasteiger partial charge in [-0.25, -0.2) is 0 Å². The molecule has 0 N–H and O–H groups in total. The first kappa shape index (κ1) is 15.6. The maximum absolute atomic E-state index is 6.27. The normalized spacial score (nSPS) is 14.9. The third kappa shape index (κ3) is 2.04. The van der Waals surface area contributed by atoms with Crippen molar-refractivity contribution in [1.29, 1.82) is 0 Å². The molecular weight excluding hydrogens is 348 g/mol. The molecule has 0 fully saturated rings. The van der Waals surface area contributed by atoms with E-state index < -0.39 is 0 Å². The van der Waals surface area contributed by atoms with E-state index in [1.165, 1.54) is 22.3 Å². The molecule has 6 rings (SSSR count). The lowest BCUT2D eigenvalue weighted by molar-refractivity contribution is 0.359. The first-order valence-corrected chi connectivity index (χ1v) is 9.43. The van der Waals surface area contributed by atoms with Crippen LogP contribution >= 0.6 is 0 Å². The van der Waals surface area contributed by atoms with Crippen molar-refractivity contribution in [3.05, 3.63) is 84.1 Å². The van der Waals surface area contributed by atoms with E-state index in [-0.39, 0.29) is 5.41 Å². The standard InChI is InChI=1S/C25H18O3/c1-25(2)18-7-4-3-6-16(18)17-13-23-24(14-19(17)25)28-22-12-15(9-10-21(22)27-23)20-8-5-11-26-20/h3-14H,1-2H3. The fourth-order valence-electron chi connectivity index (χ4n) is 4.37. The Balaban J connectivity index is 1.47. The molecule has 0 saturated carbocycles. The number of benzene rings is 3. The van der Waals surface area contributed by atoms with Crippen molar-refractivity contribution < 1.29 is 13.9 Å². The number of fused-ring (bicyclic) bond motifs is 5. The molecule has 3 nitrogen and oxygen atoms in total. The molecule has 3 heteroatoms. The average Bonchev–Trinajstić information content (AvgIpc) is 3.32. The molecule has 4 aromatic rings. The van der Waals surface area contributed by atoms with Gasteiger partial charge in [-0.3, -0.25) is 0 Å². The zero-order chi connectivity index (χ0) is 18.9. The zero-order valence-corrected chi connectivity index (χ0v) is 15.7. The summed E-state index contributed by atoms with van der Waals surface area (Å²) in [4.78, 5) is 0. The lowest BCUT2D eigenvalue weighted by Gasteiger charge is -2.25. The highest BCUT2D eigenvalue weighted by Crippen LogP contribution is 2.55. The average molecular weight is 366 g/mol. The fourth-order valence-corrected chi connectivity index (χ4v) is 4.37. The minimum atomic E-state index is -0.0688. The smallest absolute Gasteiger partial charge is 0.170 e. The fraction of sp³-hybridized carbons (Fsp3) is 0.120. The summed E-state index contributed by atoms with van der Waals surface area (Å²) >= 11 is 0. The topological polar surface area (TPSA) is 31.6 Å². The molecular formula is C25H18O3. The van der Waals surface area contributed by atoms with Crippen LogP contribution in [0.2, 0.25) is 0 Å². The number of hydrogen-bond donors (Lipinski definition) is 0. The van der Waals surface area contributed by atoms with Crippen molar-refractivity contribution in [2.45, 2.75) is 19.3 Å². The molecule has 2 heterocycles. The van der Waals surface area contributed by atoms with E-state index in [0.29, 0.717) is 11.5 Å². The van der Waals surface area contributed by atoms with Crippen molar-refractivity contribution >= 4 is 0 Å². The van der Waals surface area contributed by atoms with Crippen LogP contribution in [0, 0.1) is 0 Å². The van der Waals surface area contributed by atoms with E-state index >= 15 is 0 Å². The predicted molar refractivity (Wildman–Crippen MR) is 108 cm³/mol. The van der Waals surface area contributed by atoms with Crippen molar-refractivity contribution in [3.8, 4) is 45.4 Å². The summed E-state index contributed by atoms with van der Waals surface area (Å²) in [7, 11) is 0. The molecule has 1 aliphatic heterocycles. The Kier molecular flexibility index (Phi) is 2.95. The van der Waals surface area contributed by atoms with Gasteiger partial charge in [0.2, 0.25) is 0 Å². The second kappa shape index (κ2) is 5.29. The van der Waals surface area contributed by atoms with Crippen LogP contribution in [-0.2, 0) is 5.41 Å². The summed E-state index contributed by atoms with van der Waals surface area (Å²) in [6, 6.07) is 22.5. The summed E-state index contributed by atoms with van der Waals surface area (Å²) in [5.41, 5.74) is 5.99. The summed E-state index contributed by atoms with van der Waals surface area (Å²) in [5, 5.41) is 0. The van der Waals surface area contributed by atoms with E-state index in [9.17, 15) is 0 Å². The van der Waals surface area contributed by atoms with Gasteiger partial charge in [0.1, 0.15) is 5.76 Å². The molecule has 136 valence electrons. The third-order valence-electron chi connectivity index (χ3n) is 5.84. The summed E-state index contributed by atoms with van der Waals surface area (Å²) in [6.07, 6.45) is 1.67. The van der Waals surface area contributed by atoms with E-state index in [4.69, 9.17) is 13.9 Å². The molecule has 1 aromatic heterocycles. The Labute approximate surface area is 163 Å².